The Labute approximate surface area is 143 Å². The van der Waals surface area contributed by atoms with Crippen molar-refractivity contribution in [2.45, 2.75) is 0 Å². The SMILES string of the molecule is O=C(Nc1ccc(Br)c(C(=O)O)c1)c1cc(Br)c(Br)s1. The molecule has 2 aromatic rings. The number of carboxylic acid groups (broad SMARTS) is 1. The number of nitrogens with one attached hydrogen (secondary N) is 1. The van der Waals surface area contributed by atoms with Gasteiger partial charge in [0.25, 0.3) is 5.91 Å². The fourth-order valence-corrected chi connectivity index (χ4v) is 3.77. The number of aromatic carboxylic acids is 1. The van der Waals surface area contributed by atoms with Crippen LogP contribution in [0.1, 0.15) is 20.0 Å². The van der Waals surface area contributed by atoms with Crippen molar-refractivity contribution in [2.75, 3.05) is 5.32 Å². The molecule has 0 saturated heterocycles. The first kappa shape index (κ1) is 15.7. The number of amides is 1. The second-order valence-electron chi connectivity index (χ2n) is 3.69. The zero-order chi connectivity index (χ0) is 14.9. The fourth-order valence-electron chi connectivity index (χ4n) is 1.42. The molecule has 0 saturated carbocycles. The van der Waals surface area contributed by atoms with Gasteiger partial charge < -0.3 is 10.4 Å². The molecule has 0 unspecified atom stereocenters. The lowest BCUT2D eigenvalue weighted by Crippen LogP contribution is -2.11. The van der Waals surface area contributed by atoms with E-state index in [2.05, 4.69) is 53.1 Å². The highest BCUT2D eigenvalue weighted by Crippen LogP contribution is 2.32. The van der Waals surface area contributed by atoms with E-state index in [1.807, 2.05) is 0 Å². The van der Waals surface area contributed by atoms with Crippen molar-refractivity contribution in [1.82, 2.24) is 0 Å². The third-order valence-corrected chi connectivity index (χ3v) is 6.27. The molecule has 2 N–H and O–H groups in total. The topological polar surface area (TPSA) is 66.4 Å². The third kappa shape index (κ3) is 3.49. The quantitative estimate of drug-likeness (QED) is 0.646. The van der Waals surface area contributed by atoms with Gasteiger partial charge in [-0.3, -0.25) is 4.79 Å². The molecule has 0 bridgehead atoms. The first-order valence-electron chi connectivity index (χ1n) is 5.17. The van der Waals surface area contributed by atoms with E-state index in [-0.39, 0.29) is 11.5 Å². The van der Waals surface area contributed by atoms with Gasteiger partial charge in [-0.1, -0.05) is 0 Å². The van der Waals surface area contributed by atoms with Crippen molar-refractivity contribution < 1.29 is 14.7 Å². The number of carboxylic acids is 1. The predicted octanol–water partition coefficient (Wildman–Crippen LogP) is 4.99. The molecule has 0 atom stereocenters. The molecule has 0 aliphatic carbocycles. The van der Waals surface area contributed by atoms with E-state index in [4.69, 9.17) is 5.11 Å². The lowest BCUT2D eigenvalue weighted by Gasteiger charge is -2.06. The van der Waals surface area contributed by atoms with Gasteiger partial charge in [0, 0.05) is 14.6 Å². The van der Waals surface area contributed by atoms with Crippen LogP contribution in [-0.4, -0.2) is 17.0 Å². The molecule has 0 spiro atoms. The maximum atomic E-state index is 12.0. The fraction of sp³-hybridized carbons (Fsp3) is 0. The Morgan fingerprint density at radius 1 is 1.10 bits per heavy atom. The van der Waals surface area contributed by atoms with Crippen LogP contribution in [0.15, 0.2) is 37.0 Å². The lowest BCUT2D eigenvalue weighted by atomic mass is 10.2. The van der Waals surface area contributed by atoms with Gasteiger partial charge >= 0.3 is 5.97 Å². The predicted molar refractivity (Wildman–Crippen MR) is 88.8 cm³/mol. The van der Waals surface area contributed by atoms with E-state index >= 15 is 0 Å². The van der Waals surface area contributed by atoms with Crippen molar-refractivity contribution in [3.63, 3.8) is 0 Å². The Balaban J connectivity index is 2.24. The smallest absolute Gasteiger partial charge is 0.336 e. The van der Waals surface area contributed by atoms with Crippen LogP contribution in [-0.2, 0) is 0 Å². The van der Waals surface area contributed by atoms with Crippen molar-refractivity contribution >= 4 is 76.7 Å². The van der Waals surface area contributed by atoms with Crippen LogP contribution in [0.3, 0.4) is 0 Å². The van der Waals surface area contributed by atoms with Crippen LogP contribution in [0.5, 0.6) is 0 Å². The van der Waals surface area contributed by atoms with Crippen LogP contribution in [0.25, 0.3) is 0 Å². The number of carbonyl (C=O) groups excluding carboxylic acids is 1. The van der Waals surface area contributed by atoms with Crippen LogP contribution < -0.4 is 5.32 Å². The van der Waals surface area contributed by atoms with E-state index in [9.17, 15) is 9.59 Å². The number of benzene rings is 1. The van der Waals surface area contributed by atoms with E-state index < -0.39 is 5.97 Å². The number of hydrogen-bond acceptors (Lipinski definition) is 3. The number of hydrogen-bond donors (Lipinski definition) is 2. The Hall–Kier alpha value is -0.700. The maximum Gasteiger partial charge on any atom is 0.336 e. The third-order valence-electron chi connectivity index (χ3n) is 2.32. The van der Waals surface area contributed by atoms with Gasteiger partial charge in [0.2, 0.25) is 0 Å². The second-order valence-corrected chi connectivity index (χ2v) is 7.76. The molecule has 0 aliphatic rings. The highest BCUT2D eigenvalue weighted by Gasteiger charge is 2.14. The Morgan fingerprint density at radius 3 is 2.35 bits per heavy atom. The average molecular weight is 484 g/mol. The minimum Gasteiger partial charge on any atom is -0.478 e. The van der Waals surface area contributed by atoms with E-state index in [0.29, 0.717) is 15.0 Å². The van der Waals surface area contributed by atoms with Gasteiger partial charge in [-0.25, -0.2) is 4.79 Å². The van der Waals surface area contributed by atoms with Crippen molar-refractivity contribution in [3.05, 3.63) is 47.4 Å². The first-order valence-corrected chi connectivity index (χ1v) is 8.37. The summed E-state index contributed by atoms with van der Waals surface area (Å²) in [7, 11) is 0. The van der Waals surface area contributed by atoms with Crippen molar-refractivity contribution in [1.29, 1.82) is 0 Å². The van der Waals surface area contributed by atoms with Crippen LogP contribution in [0.2, 0.25) is 0 Å². The second kappa shape index (κ2) is 6.38. The van der Waals surface area contributed by atoms with Gasteiger partial charge in [-0.05, 0) is 72.1 Å². The molecule has 1 amide bonds. The molecule has 2 rings (SSSR count). The minimum absolute atomic E-state index is 0.0938. The zero-order valence-electron chi connectivity index (χ0n) is 9.62. The summed E-state index contributed by atoms with van der Waals surface area (Å²) in [6.45, 7) is 0. The van der Waals surface area contributed by atoms with Gasteiger partial charge in [-0.15, -0.1) is 11.3 Å². The first-order chi connectivity index (χ1) is 9.38. The molecule has 20 heavy (non-hydrogen) atoms. The molecule has 1 aromatic heterocycles. The zero-order valence-corrected chi connectivity index (χ0v) is 15.2. The van der Waals surface area contributed by atoms with Crippen LogP contribution in [0, 0.1) is 0 Å². The van der Waals surface area contributed by atoms with E-state index in [1.165, 1.54) is 17.4 Å². The lowest BCUT2D eigenvalue weighted by molar-refractivity contribution is 0.0695. The van der Waals surface area contributed by atoms with E-state index in [1.54, 1.807) is 18.2 Å². The summed E-state index contributed by atoms with van der Waals surface area (Å²) in [6, 6.07) is 6.31. The van der Waals surface area contributed by atoms with Crippen molar-refractivity contribution in [2.24, 2.45) is 0 Å². The van der Waals surface area contributed by atoms with Crippen molar-refractivity contribution in [3.8, 4) is 0 Å². The Bertz CT molecular complexity index is 680. The highest BCUT2D eigenvalue weighted by molar-refractivity contribution is 9.13. The van der Waals surface area contributed by atoms with Gasteiger partial charge in [0.1, 0.15) is 0 Å². The average Bonchev–Trinajstić information content (AvgIpc) is 2.72. The molecule has 0 fully saturated rings. The molecular weight excluding hydrogens is 478 g/mol. The summed E-state index contributed by atoms with van der Waals surface area (Å²) in [5, 5.41) is 11.7. The monoisotopic (exact) mass is 481 g/mol. The summed E-state index contributed by atoms with van der Waals surface area (Å²) in [5.41, 5.74) is 0.521. The van der Waals surface area contributed by atoms with Gasteiger partial charge in [0.15, 0.2) is 0 Å². The molecule has 0 aliphatic heterocycles. The number of thiophene rings is 1. The Kier molecular flexibility index (Phi) is 5.00. The normalized spacial score (nSPS) is 10.3. The molecule has 8 heteroatoms. The van der Waals surface area contributed by atoms with Crippen LogP contribution in [0.4, 0.5) is 5.69 Å². The molecule has 4 nitrogen and oxygen atoms in total. The van der Waals surface area contributed by atoms with Crippen LogP contribution >= 0.6 is 59.1 Å². The van der Waals surface area contributed by atoms with Gasteiger partial charge in [-0.2, -0.15) is 0 Å². The minimum atomic E-state index is -1.06. The summed E-state index contributed by atoms with van der Waals surface area (Å²) in [6.07, 6.45) is 0. The summed E-state index contributed by atoms with van der Waals surface area (Å²) in [5.74, 6) is -1.35. The van der Waals surface area contributed by atoms with E-state index in [0.717, 1.165) is 8.26 Å². The number of carbonyl (C=O) groups is 2. The molecule has 0 radical (unpaired) electrons. The number of halogens is 3. The summed E-state index contributed by atoms with van der Waals surface area (Å²) in [4.78, 5) is 23.6. The van der Waals surface area contributed by atoms with Gasteiger partial charge in [0.05, 0.1) is 14.2 Å². The standard InChI is InChI=1S/C12H6Br3NO3S/c13-7-2-1-5(3-6(7)12(18)19)16-11(17)9-4-8(14)10(15)20-9/h1-4H,(H,16,17)(H,18,19). The number of rotatable bonds is 3. The summed E-state index contributed by atoms with van der Waals surface area (Å²) >= 11 is 11.1. The molecule has 1 aromatic carbocycles. The molecule has 104 valence electrons. The maximum absolute atomic E-state index is 12.0. The molecule has 1 heterocycles. The number of anilines is 1. The largest absolute Gasteiger partial charge is 0.478 e. The Morgan fingerprint density at radius 2 is 1.80 bits per heavy atom. The highest BCUT2D eigenvalue weighted by atomic mass is 79.9. The summed E-state index contributed by atoms with van der Waals surface area (Å²) < 4.78 is 2.09. The molecular formula is C12H6Br3NO3S.